The van der Waals surface area contributed by atoms with Crippen molar-refractivity contribution in [1.29, 1.82) is 0 Å². The average molecular weight is 391 g/mol. The van der Waals surface area contributed by atoms with Crippen LogP contribution in [0, 0.1) is 0 Å². The van der Waals surface area contributed by atoms with Crippen molar-refractivity contribution in [3.63, 3.8) is 0 Å². The third-order valence-electron chi connectivity index (χ3n) is 4.34. The molecule has 0 N–H and O–H groups in total. The number of methoxy groups -OCH3 is 1. The highest BCUT2D eigenvalue weighted by Crippen LogP contribution is 2.21. The van der Waals surface area contributed by atoms with Gasteiger partial charge in [-0.2, -0.15) is 0 Å². The van der Waals surface area contributed by atoms with Gasteiger partial charge in [-0.05, 0) is 30.2 Å². The fourth-order valence-electron chi connectivity index (χ4n) is 2.72. The maximum Gasteiger partial charge on any atom is 0.243 e. The van der Waals surface area contributed by atoms with Gasteiger partial charge in [-0.15, -0.1) is 0 Å². The molecule has 0 heterocycles. The Morgan fingerprint density at radius 3 is 2.26 bits per heavy atom. The number of amides is 1. The van der Waals surface area contributed by atoms with Crippen LogP contribution < -0.4 is 9.04 Å². The van der Waals surface area contributed by atoms with Crippen molar-refractivity contribution in [1.82, 2.24) is 4.90 Å². The van der Waals surface area contributed by atoms with Crippen molar-refractivity contribution >= 4 is 21.6 Å². The highest BCUT2D eigenvalue weighted by Gasteiger charge is 2.23. The summed E-state index contributed by atoms with van der Waals surface area (Å²) in [5, 5.41) is 0. The van der Waals surface area contributed by atoms with Gasteiger partial charge in [-0.25, -0.2) is 8.42 Å². The van der Waals surface area contributed by atoms with E-state index in [0.717, 1.165) is 28.1 Å². The normalized spacial score (nSPS) is 11.1. The average Bonchev–Trinajstić information content (AvgIpc) is 2.65. The molecule has 2 aromatic rings. The van der Waals surface area contributed by atoms with Crippen LogP contribution in [0.4, 0.5) is 5.69 Å². The number of carbonyl (C=O) groups is 1. The molecule has 0 aromatic heterocycles. The summed E-state index contributed by atoms with van der Waals surface area (Å²) in [6, 6.07) is 14.6. The Labute approximate surface area is 161 Å². The van der Waals surface area contributed by atoms with Crippen molar-refractivity contribution in [2.24, 2.45) is 0 Å². The van der Waals surface area contributed by atoms with Crippen LogP contribution in [0.25, 0.3) is 0 Å². The largest absolute Gasteiger partial charge is 0.496 e. The van der Waals surface area contributed by atoms with E-state index >= 15 is 0 Å². The van der Waals surface area contributed by atoms with E-state index in [2.05, 4.69) is 0 Å². The first kappa shape index (κ1) is 20.8. The second kappa shape index (κ2) is 8.90. The number of sulfonamides is 1. The van der Waals surface area contributed by atoms with Crippen LogP contribution in [-0.4, -0.2) is 46.2 Å². The van der Waals surface area contributed by atoms with Crippen LogP contribution in [0.5, 0.6) is 5.75 Å². The monoisotopic (exact) mass is 390 g/mol. The molecule has 0 aliphatic carbocycles. The van der Waals surface area contributed by atoms with E-state index < -0.39 is 10.0 Å². The molecule has 2 rings (SSSR count). The molecule has 0 spiro atoms. The van der Waals surface area contributed by atoms with Gasteiger partial charge in [0.25, 0.3) is 0 Å². The summed E-state index contributed by atoms with van der Waals surface area (Å²) in [5.41, 5.74) is 2.44. The van der Waals surface area contributed by atoms with E-state index in [1.807, 2.05) is 43.3 Å². The lowest BCUT2D eigenvalue weighted by Gasteiger charge is -2.25. The Bertz CT molecular complexity index is 879. The van der Waals surface area contributed by atoms with Gasteiger partial charge in [0.15, 0.2) is 0 Å². The van der Waals surface area contributed by atoms with Gasteiger partial charge in [0.2, 0.25) is 15.9 Å². The summed E-state index contributed by atoms with van der Waals surface area (Å²) in [6.07, 6.45) is 1.97. The fourth-order valence-corrected chi connectivity index (χ4v) is 3.57. The van der Waals surface area contributed by atoms with Gasteiger partial charge in [0.05, 0.1) is 19.1 Å². The van der Waals surface area contributed by atoms with Gasteiger partial charge in [0.1, 0.15) is 12.3 Å². The minimum absolute atomic E-state index is 0.254. The molecule has 2 aromatic carbocycles. The number of carbonyl (C=O) groups excluding carboxylic acids is 1. The molecule has 146 valence electrons. The molecular weight excluding hydrogens is 364 g/mol. The molecular formula is C20H26N2O4S. The fraction of sp³-hybridized carbons (Fsp3) is 0.350. The quantitative estimate of drug-likeness (QED) is 0.695. The number of benzene rings is 2. The summed E-state index contributed by atoms with van der Waals surface area (Å²) in [4.78, 5) is 14.2. The van der Waals surface area contributed by atoms with Crippen molar-refractivity contribution in [2.45, 2.75) is 19.9 Å². The molecule has 1 amide bonds. The van der Waals surface area contributed by atoms with Crippen LogP contribution in [0.15, 0.2) is 48.5 Å². The molecule has 7 heteroatoms. The van der Waals surface area contributed by atoms with E-state index in [4.69, 9.17) is 4.74 Å². The molecule has 27 heavy (non-hydrogen) atoms. The lowest BCUT2D eigenvalue weighted by molar-refractivity contribution is -0.128. The smallest absolute Gasteiger partial charge is 0.243 e. The molecule has 0 unspecified atom stereocenters. The van der Waals surface area contributed by atoms with Crippen molar-refractivity contribution in [3.05, 3.63) is 59.7 Å². The molecule has 0 atom stereocenters. The first-order chi connectivity index (χ1) is 12.8. The third kappa shape index (κ3) is 5.47. The number of likely N-dealkylation sites (N-methyl/N-ethyl adjacent to an activating group) is 1. The zero-order valence-electron chi connectivity index (χ0n) is 16.2. The lowest BCUT2D eigenvalue weighted by atomic mass is 10.1. The van der Waals surface area contributed by atoms with Crippen molar-refractivity contribution < 1.29 is 17.9 Å². The Morgan fingerprint density at radius 1 is 1.07 bits per heavy atom. The van der Waals surface area contributed by atoms with Crippen LogP contribution in [0.1, 0.15) is 18.1 Å². The maximum absolute atomic E-state index is 12.7. The predicted octanol–water partition coefficient (Wildman–Crippen LogP) is 2.68. The number of aryl methyl sites for hydroxylation is 1. The van der Waals surface area contributed by atoms with Crippen molar-refractivity contribution in [2.75, 3.05) is 31.3 Å². The van der Waals surface area contributed by atoms with E-state index in [-0.39, 0.29) is 12.5 Å². The van der Waals surface area contributed by atoms with Gasteiger partial charge in [-0.1, -0.05) is 37.3 Å². The standard InChI is InChI=1S/C20H26N2O4S/c1-5-16-10-12-18(13-11-16)22(27(4,24)25)15-20(23)21(2)14-17-8-6-7-9-19(17)26-3/h6-13H,5,14-15H2,1-4H3. The minimum Gasteiger partial charge on any atom is -0.496 e. The van der Waals surface area contributed by atoms with Gasteiger partial charge < -0.3 is 9.64 Å². The van der Waals surface area contributed by atoms with Gasteiger partial charge >= 0.3 is 0 Å². The number of para-hydroxylation sites is 1. The van der Waals surface area contributed by atoms with E-state index in [1.54, 1.807) is 26.3 Å². The second-order valence-electron chi connectivity index (χ2n) is 6.35. The molecule has 0 saturated carbocycles. The summed E-state index contributed by atoms with van der Waals surface area (Å²) < 4.78 is 30.9. The number of nitrogens with zero attached hydrogens (tertiary/aromatic N) is 2. The Kier molecular flexibility index (Phi) is 6.85. The molecule has 0 radical (unpaired) electrons. The maximum atomic E-state index is 12.7. The molecule has 0 aliphatic rings. The van der Waals surface area contributed by atoms with Gasteiger partial charge in [0, 0.05) is 19.2 Å². The summed E-state index contributed by atoms with van der Waals surface area (Å²) in [6.45, 7) is 2.10. The summed E-state index contributed by atoms with van der Waals surface area (Å²) >= 11 is 0. The topological polar surface area (TPSA) is 66.9 Å². The molecule has 0 fully saturated rings. The second-order valence-corrected chi connectivity index (χ2v) is 8.26. The predicted molar refractivity (Wildman–Crippen MR) is 107 cm³/mol. The highest BCUT2D eigenvalue weighted by atomic mass is 32.2. The SMILES string of the molecule is CCc1ccc(N(CC(=O)N(C)Cc2ccccc2OC)S(C)(=O)=O)cc1. The van der Waals surface area contributed by atoms with Gasteiger partial charge in [-0.3, -0.25) is 9.10 Å². The minimum atomic E-state index is -3.59. The van der Waals surface area contributed by atoms with E-state index in [0.29, 0.717) is 18.0 Å². The van der Waals surface area contributed by atoms with E-state index in [9.17, 15) is 13.2 Å². The van der Waals surface area contributed by atoms with Crippen molar-refractivity contribution in [3.8, 4) is 5.75 Å². The Morgan fingerprint density at radius 2 is 1.70 bits per heavy atom. The highest BCUT2D eigenvalue weighted by molar-refractivity contribution is 7.92. The zero-order chi connectivity index (χ0) is 20.0. The first-order valence-corrected chi connectivity index (χ1v) is 10.5. The number of anilines is 1. The third-order valence-corrected chi connectivity index (χ3v) is 5.48. The summed E-state index contributed by atoms with van der Waals surface area (Å²) in [5.74, 6) is 0.387. The first-order valence-electron chi connectivity index (χ1n) is 8.68. The number of hydrogen-bond acceptors (Lipinski definition) is 4. The van der Waals surface area contributed by atoms with Crippen LogP contribution in [0.3, 0.4) is 0 Å². The molecule has 6 nitrogen and oxygen atoms in total. The summed E-state index contributed by atoms with van der Waals surface area (Å²) in [7, 11) is -0.367. The Hall–Kier alpha value is -2.54. The molecule has 0 aliphatic heterocycles. The lowest BCUT2D eigenvalue weighted by Crippen LogP contribution is -2.41. The van der Waals surface area contributed by atoms with Crippen LogP contribution in [-0.2, 0) is 27.8 Å². The van der Waals surface area contributed by atoms with Crippen LogP contribution in [0.2, 0.25) is 0 Å². The van der Waals surface area contributed by atoms with E-state index in [1.165, 1.54) is 4.90 Å². The zero-order valence-corrected chi connectivity index (χ0v) is 17.0. The Balaban J connectivity index is 2.17. The molecule has 0 saturated heterocycles. The number of hydrogen-bond donors (Lipinski definition) is 0. The number of ether oxygens (including phenoxy) is 1. The van der Waals surface area contributed by atoms with Crippen LogP contribution >= 0.6 is 0 Å². The molecule has 0 bridgehead atoms. The number of rotatable bonds is 8.